The quantitative estimate of drug-likeness (QED) is 0.806. The fraction of sp³-hybridized carbons (Fsp3) is 0.333. The number of halogens is 3. The molecule has 0 radical (unpaired) electrons. The topological polar surface area (TPSA) is 55.9 Å². The third kappa shape index (κ3) is 2.70. The SMILES string of the molecule is CC(O)c1nc2ccccc2n1Cc1cnn(C)c1C(F)(F)F. The van der Waals surface area contributed by atoms with Gasteiger partial charge < -0.3 is 9.67 Å². The third-order valence-corrected chi connectivity index (χ3v) is 3.67. The van der Waals surface area contributed by atoms with Crippen molar-refractivity contribution >= 4 is 11.0 Å². The molecule has 122 valence electrons. The molecule has 0 aliphatic rings. The van der Waals surface area contributed by atoms with E-state index in [0.29, 0.717) is 16.9 Å². The highest BCUT2D eigenvalue weighted by Crippen LogP contribution is 2.33. The number of alkyl halides is 3. The molecule has 1 unspecified atom stereocenters. The van der Waals surface area contributed by atoms with Crippen molar-refractivity contribution in [1.82, 2.24) is 19.3 Å². The molecule has 0 aliphatic carbocycles. The van der Waals surface area contributed by atoms with E-state index in [1.165, 1.54) is 20.2 Å². The second-order valence-electron chi connectivity index (χ2n) is 5.36. The molecule has 2 aromatic heterocycles. The maximum absolute atomic E-state index is 13.2. The first-order chi connectivity index (χ1) is 10.8. The van der Waals surface area contributed by atoms with E-state index in [0.717, 1.165) is 4.68 Å². The van der Waals surface area contributed by atoms with Gasteiger partial charge in [-0.3, -0.25) is 4.68 Å². The van der Waals surface area contributed by atoms with E-state index in [2.05, 4.69) is 10.1 Å². The average molecular weight is 324 g/mol. The van der Waals surface area contributed by atoms with Gasteiger partial charge in [-0.05, 0) is 19.1 Å². The molecule has 0 bridgehead atoms. The van der Waals surface area contributed by atoms with Crippen molar-refractivity contribution in [2.75, 3.05) is 0 Å². The van der Waals surface area contributed by atoms with Gasteiger partial charge in [0.1, 0.15) is 17.6 Å². The Morgan fingerprint density at radius 3 is 2.61 bits per heavy atom. The van der Waals surface area contributed by atoms with E-state index in [1.807, 2.05) is 0 Å². The summed E-state index contributed by atoms with van der Waals surface area (Å²) in [7, 11) is 1.26. The molecule has 2 heterocycles. The van der Waals surface area contributed by atoms with Crippen LogP contribution in [0.4, 0.5) is 13.2 Å². The number of nitrogens with zero attached hydrogens (tertiary/aromatic N) is 4. The van der Waals surface area contributed by atoms with Crippen LogP contribution in [-0.2, 0) is 19.8 Å². The Kier molecular flexibility index (Phi) is 3.63. The predicted molar refractivity (Wildman–Crippen MR) is 77.7 cm³/mol. The van der Waals surface area contributed by atoms with Gasteiger partial charge in [-0.25, -0.2) is 4.98 Å². The Balaban J connectivity index is 2.14. The molecule has 0 amide bonds. The molecule has 3 aromatic rings. The number of aliphatic hydroxyl groups excluding tert-OH is 1. The van der Waals surface area contributed by atoms with Crippen LogP contribution in [0.1, 0.15) is 30.1 Å². The predicted octanol–water partition coefficient (Wildman–Crippen LogP) is 2.89. The highest BCUT2D eigenvalue weighted by Gasteiger charge is 2.37. The molecule has 23 heavy (non-hydrogen) atoms. The average Bonchev–Trinajstić information content (AvgIpc) is 3.00. The largest absolute Gasteiger partial charge is 0.433 e. The van der Waals surface area contributed by atoms with Crippen molar-refractivity contribution in [2.24, 2.45) is 7.05 Å². The number of benzene rings is 1. The zero-order valence-electron chi connectivity index (χ0n) is 12.5. The van der Waals surface area contributed by atoms with Gasteiger partial charge in [0.2, 0.25) is 0 Å². The maximum atomic E-state index is 13.2. The molecular weight excluding hydrogens is 309 g/mol. The van der Waals surface area contributed by atoms with Crippen LogP contribution in [0.2, 0.25) is 0 Å². The van der Waals surface area contributed by atoms with Gasteiger partial charge in [-0.2, -0.15) is 18.3 Å². The van der Waals surface area contributed by atoms with Crippen molar-refractivity contribution in [2.45, 2.75) is 25.7 Å². The van der Waals surface area contributed by atoms with Gasteiger partial charge >= 0.3 is 6.18 Å². The van der Waals surface area contributed by atoms with Gasteiger partial charge in [0.15, 0.2) is 0 Å². The van der Waals surface area contributed by atoms with Crippen LogP contribution in [-0.4, -0.2) is 24.4 Å². The smallest absolute Gasteiger partial charge is 0.385 e. The highest BCUT2D eigenvalue weighted by atomic mass is 19.4. The minimum absolute atomic E-state index is 0.0325. The fourth-order valence-electron chi connectivity index (χ4n) is 2.71. The van der Waals surface area contributed by atoms with Crippen molar-refractivity contribution in [3.8, 4) is 0 Å². The lowest BCUT2D eigenvalue weighted by Crippen LogP contribution is -2.16. The summed E-state index contributed by atoms with van der Waals surface area (Å²) in [6.07, 6.45) is -4.20. The first-order valence-electron chi connectivity index (χ1n) is 7.00. The Hall–Kier alpha value is -2.35. The van der Waals surface area contributed by atoms with Crippen LogP contribution in [0.15, 0.2) is 30.5 Å². The zero-order valence-corrected chi connectivity index (χ0v) is 12.5. The van der Waals surface area contributed by atoms with Gasteiger partial charge in [0, 0.05) is 12.6 Å². The summed E-state index contributed by atoms with van der Waals surface area (Å²) in [4.78, 5) is 4.31. The molecule has 8 heteroatoms. The van der Waals surface area contributed by atoms with Crippen LogP contribution in [0.25, 0.3) is 11.0 Å². The minimum Gasteiger partial charge on any atom is -0.385 e. The molecule has 1 N–H and O–H groups in total. The van der Waals surface area contributed by atoms with E-state index in [1.54, 1.807) is 28.8 Å². The van der Waals surface area contributed by atoms with Crippen molar-refractivity contribution < 1.29 is 18.3 Å². The third-order valence-electron chi connectivity index (χ3n) is 3.67. The van der Waals surface area contributed by atoms with Gasteiger partial charge in [0.25, 0.3) is 0 Å². The Morgan fingerprint density at radius 2 is 1.96 bits per heavy atom. The van der Waals surface area contributed by atoms with Crippen LogP contribution >= 0.6 is 0 Å². The maximum Gasteiger partial charge on any atom is 0.433 e. The Bertz CT molecular complexity index is 848. The molecule has 0 saturated carbocycles. The summed E-state index contributed by atoms with van der Waals surface area (Å²) in [6, 6.07) is 7.08. The number of aliphatic hydroxyl groups is 1. The van der Waals surface area contributed by atoms with Crippen molar-refractivity contribution in [1.29, 1.82) is 0 Å². The number of imidazole rings is 1. The number of hydrogen-bond acceptors (Lipinski definition) is 3. The van der Waals surface area contributed by atoms with Gasteiger partial charge in [-0.15, -0.1) is 0 Å². The van der Waals surface area contributed by atoms with Crippen molar-refractivity contribution in [3.63, 3.8) is 0 Å². The lowest BCUT2D eigenvalue weighted by molar-refractivity contribution is -0.144. The molecule has 0 aliphatic heterocycles. The number of aromatic nitrogens is 4. The summed E-state index contributed by atoms with van der Waals surface area (Å²) in [5.74, 6) is 0.322. The highest BCUT2D eigenvalue weighted by molar-refractivity contribution is 5.76. The van der Waals surface area contributed by atoms with Crippen LogP contribution in [0, 0.1) is 0 Å². The molecule has 3 rings (SSSR count). The standard InChI is InChI=1S/C15H15F3N4O/c1-9(23)14-20-11-5-3-4-6-12(11)22(14)8-10-7-19-21(2)13(10)15(16,17)18/h3-7,9,23H,8H2,1-2H3. The molecule has 5 nitrogen and oxygen atoms in total. The van der Waals surface area contributed by atoms with Crippen LogP contribution in [0.3, 0.4) is 0 Å². The number of aryl methyl sites for hydroxylation is 1. The zero-order chi connectivity index (χ0) is 16.8. The number of hydrogen-bond donors (Lipinski definition) is 1. The van der Waals surface area contributed by atoms with Gasteiger partial charge in [-0.1, -0.05) is 12.1 Å². The Morgan fingerprint density at radius 1 is 1.26 bits per heavy atom. The summed E-state index contributed by atoms with van der Waals surface area (Å²) < 4.78 is 42.0. The number of para-hydroxylation sites is 2. The summed E-state index contributed by atoms with van der Waals surface area (Å²) in [5, 5.41) is 13.6. The molecule has 0 spiro atoms. The van der Waals surface area contributed by atoms with E-state index in [4.69, 9.17) is 0 Å². The van der Waals surface area contributed by atoms with Crippen LogP contribution in [0.5, 0.6) is 0 Å². The van der Waals surface area contributed by atoms with Crippen molar-refractivity contribution in [3.05, 3.63) is 47.5 Å². The molecule has 1 aromatic carbocycles. The number of rotatable bonds is 3. The first kappa shape index (κ1) is 15.5. The van der Waals surface area contributed by atoms with E-state index in [9.17, 15) is 18.3 Å². The monoisotopic (exact) mass is 324 g/mol. The second kappa shape index (κ2) is 5.38. The Labute approximate surface area is 130 Å². The van der Waals surface area contributed by atoms with Gasteiger partial charge in [0.05, 0.1) is 23.8 Å². The molecule has 0 fully saturated rings. The number of fused-ring (bicyclic) bond motifs is 1. The lowest BCUT2D eigenvalue weighted by Gasteiger charge is -2.13. The van der Waals surface area contributed by atoms with E-state index < -0.39 is 18.0 Å². The molecule has 0 saturated heterocycles. The van der Waals surface area contributed by atoms with E-state index >= 15 is 0 Å². The molecule has 1 atom stereocenters. The van der Waals surface area contributed by atoms with Crippen LogP contribution < -0.4 is 0 Å². The fourth-order valence-corrected chi connectivity index (χ4v) is 2.71. The molecular formula is C15H15F3N4O. The summed E-state index contributed by atoms with van der Waals surface area (Å²) in [6.45, 7) is 1.47. The lowest BCUT2D eigenvalue weighted by atomic mass is 10.2. The first-order valence-corrected chi connectivity index (χ1v) is 7.00. The minimum atomic E-state index is -4.50. The van der Waals surface area contributed by atoms with E-state index in [-0.39, 0.29) is 12.1 Å². The summed E-state index contributed by atoms with van der Waals surface area (Å²) in [5.41, 5.74) is 0.526. The second-order valence-corrected chi connectivity index (χ2v) is 5.36. The summed E-state index contributed by atoms with van der Waals surface area (Å²) >= 11 is 0. The normalized spacial score (nSPS) is 13.7.